The average molecular weight is 524 g/mol. The van der Waals surface area contributed by atoms with Crippen LogP contribution < -0.4 is 10.6 Å². The van der Waals surface area contributed by atoms with Crippen molar-refractivity contribution in [3.05, 3.63) is 41.1 Å². The number of amides is 2. The van der Waals surface area contributed by atoms with Gasteiger partial charge >= 0.3 is 5.97 Å². The lowest BCUT2D eigenvalue weighted by Gasteiger charge is -2.33. The minimum Gasteiger partial charge on any atom is -0.468 e. The summed E-state index contributed by atoms with van der Waals surface area (Å²) in [6.07, 6.45) is 9.50. The number of hydrogen-bond acceptors (Lipinski definition) is 9. The molecule has 0 radical (unpaired) electrons. The van der Waals surface area contributed by atoms with Crippen LogP contribution in [0.5, 0.6) is 0 Å². The molecule has 12 nitrogen and oxygen atoms in total. The highest BCUT2D eigenvalue weighted by Crippen LogP contribution is 2.35. The molecule has 1 saturated heterocycles. The number of piperidine rings is 1. The van der Waals surface area contributed by atoms with Crippen LogP contribution in [0, 0.1) is 18.3 Å². The van der Waals surface area contributed by atoms with Crippen LogP contribution in [0.4, 0.5) is 0 Å². The van der Waals surface area contributed by atoms with E-state index in [-0.39, 0.29) is 35.9 Å². The number of nitrogens with one attached hydrogen (secondary N) is 2. The third kappa shape index (κ3) is 4.99. The van der Waals surface area contributed by atoms with Gasteiger partial charge < -0.3 is 15.4 Å². The maximum Gasteiger partial charge on any atom is 0.321 e. The fourth-order valence-electron chi connectivity index (χ4n) is 5.72. The highest BCUT2D eigenvalue weighted by molar-refractivity contribution is 6.03. The summed E-state index contributed by atoms with van der Waals surface area (Å²) in [5.41, 5.74) is 1.15. The Morgan fingerprint density at radius 3 is 2.68 bits per heavy atom. The van der Waals surface area contributed by atoms with Crippen LogP contribution in [0.1, 0.15) is 85.0 Å². The number of esters is 1. The van der Waals surface area contributed by atoms with Crippen molar-refractivity contribution < 1.29 is 23.7 Å². The zero-order valence-electron chi connectivity index (χ0n) is 21.7. The first-order chi connectivity index (χ1) is 18.4. The third-order valence-electron chi connectivity index (χ3n) is 7.80. The van der Waals surface area contributed by atoms with Gasteiger partial charge in [-0.05, 0) is 55.8 Å². The average Bonchev–Trinajstić information content (AvgIpc) is 3.44. The van der Waals surface area contributed by atoms with Crippen LogP contribution in [0.15, 0.2) is 23.0 Å². The number of fused-ring (bicyclic) bond motifs is 1. The van der Waals surface area contributed by atoms with Crippen LogP contribution in [-0.2, 0) is 20.7 Å². The zero-order valence-corrected chi connectivity index (χ0v) is 21.7. The molecule has 2 atom stereocenters. The van der Waals surface area contributed by atoms with E-state index in [0.29, 0.717) is 42.1 Å². The Morgan fingerprint density at radius 1 is 1.21 bits per heavy atom. The molecule has 38 heavy (non-hydrogen) atoms. The highest BCUT2D eigenvalue weighted by Gasteiger charge is 2.48. The predicted octanol–water partition coefficient (Wildman–Crippen LogP) is 2.47. The van der Waals surface area contributed by atoms with Crippen molar-refractivity contribution in [1.82, 2.24) is 35.5 Å². The van der Waals surface area contributed by atoms with E-state index in [1.807, 2.05) is 12.3 Å². The second-order valence-electron chi connectivity index (χ2n) is 10.3. The lowest BCUT2D eigenvalue weighted by Crippen LogP contribution is -2.52. The van der Waals surface area contributed by atoms with Crippen LogP contribution in [0.2, 0.25) is 0 Å². The second kappa shape index (κ2) is 10.9. The molecular weight excluding hydrogens is 490 g/mol. The van der Waals surface area contributed by atoms with Gasteiger partial charge in [-0.3, -0.25) is 14.4 Å². The monoisotopic (exact) mass is 523 g/mol. The number of hydrogen-bond donors (Lipinski definition) is 2. The first kappa shape index (κ1) is 25.8. The largest absolute Gasteiger partial charge is 0.468 e. The summed E-state index contributed by atoms with van der Waals surface area (Å²) in [5.74, 6) is -1.04. The summed E-state index contributed by atoms with van der Waals surface area (Å²) in [6.45, 7) is 2.21. The molecule has 1 aliphatic heterocycles. The maximum absolute atomic E-state index is 13.1. The number of aromatic nitrogens is 5. The zero-order chi connectivity index (χ0) is 26.7. The maximum atomic E-state index is 13.1. The number of imidazole rings is 1. The molecule has 202 valence electrons. The molecule has 3 aromatic rings. The molecule has 0 bridgehead atoms. The van der Waals surface area contributed by atoms with Gasteiger partial charge in [0.05, 0.1) is 30.7 Å². The number of carbonyl (C=O) groups is 3. The van der Waals surface area contributed by atoms with E-state index in [1.54, 1.807) is 17.5 Å². The Bertz CT molecular complexity index is 1320. The van der Waals surface area contributed by atoms with Crippen molar-refractivity contribution in [2.45, 2.75) is 70.8 Å². The number of ether oxygens (including phenoxy) is 1. The summed E-state index contributed by atoms with van der Waals surface area (Å²) < 4.78 is 11.4. The van der Waals surface area contributed by atoms with Gasteiger partial charge in [0.15, 0.2) is 16.8 Å². The Kier molecular flexibility index (Phi) is 7.39. The normalized spacial score (nSPS) is 21.5. The van der Waals surface area contributed by atoms with Crippen molar-refractivity contribution in [3.63, 3.8) is 0 Å². The molecule has 2 fully saturated rings. The number of carbonyl (C=O) groups excluding carboxylic acids is 3. The molecule has 12 heteroatoms. The third-order valence-corrected chi connectivity index (χ3v) is 7.80. The number of aryl methyl sites for hydroxylation is 1. The van der Waals surface area contributed by atoms with E-state index in [2.05, 4.69) is 20.9 Å². The van der Waals surface area contributed by atoms with Crippen LogP contribution in [0.25, 0.3) is 5.65 Å². The molecule has 1 aliphatic carbocycles. The van der Waals surface area contributed by atoms with E-state index in [9.17, 15) is 14.4 Å². The summed E-state index contributed by atoms with van der Waals surface area (Å²) in [4.78, 5) is 43.4. The second-order valence-corrected chi connectivity index (χ2v) is 10.3. The lowest BCUT2D eigenvalue weighted by atomic mass is 9.76. The van der Waals surface area contributed by atoms with Crippen molar-refractivity contribution >= 4 is 23.4 Å². The van der Waals surface area contributed by atoms with Gasteiger partial charge in [0.1, 0.15) is 5.69 Å². The number of methoxy groups -OCH3 is 1. The summed E-state index contributed by atoms with van der Waals surface area (Å²) in [6, 6.07) is 3.25. The quantitative estimate of drug-likeness (QED) is 0.270. The highest BCUT2D eigenvalue weighted by atomic mass is 16.6. The molecular formula is C26H33N7O5. The van der Waals surface area contributed by atoms with Gasteiger partial charge in [0.2, 0.25) is 5.91 Å². The number of rotatable bonds is 7. The van der Waals surface area contributed by atoms with Gasteiger partial charge in [0.25, 0.3) is 5.91 Å². The molecule has 5 rings (SSSR count). The van der Waals surface area contributed by atoms with Crippen molar-refractivity contribution in [1.29, 1.82) is 0 Å². The van der Waals surface area contributed by atoms with Gasteiger partial charge in [-0.1, -0.05) is 30.8 Å². The molecule has 3 aromatic heterocycles. The summed E-state index contributed by atoms with van der Waals surface area (Å²) in [7, 11) is 1.29. The van der Waals surface area contributed by atoms with Gasteiger partial charge in [-0.15, -0.1) is 0 Å². The SMILES string of the molecule is COC(=O)C1(Cc2ccc3nc(C(NC(=O)c4nonc4C)C4CCCCCC4)cn3n2)CCCNC1=O. The first-order valence-electron chi connectivity index (χ1n) is 13.2. The lowest BCUT2D eigenvalue weighted by molar-refractivity contribution is -0.161. The fraction of sp³-hybridized carbons (Fsp3) is 0.577. The Balaban J connectivity index is 1.46. The fourth-order valence-corrected chi connectivity index (χ4v) is 5.72. The van der Waals surface area contributed by atoms with Crippen LogP contribution >= 0.6 is 0 Å². The van der Waals surface area contributed by atoms with E-state index >= 15 is 0 Å². The smallest absolute Gasteiger partial charge is 0.321 e. The predicted molar refractivity (Wildman–Crippen MR) is 134 cm³/mol. The van der Waals surface area contributed by atoms with Crippen LogP contribution in [-0.4, -0.2) is 56.3 Å². The minimum atomic E-state index is -1.31. The number of nitrogens with zero attached hydrogens (tertiary/aromatic N) is 5. The van der Waals surface area contributed by atoms with Gasteiger partial charge in [-0.25, -0.2) is 14.1 Å². The molecule has 2 amide bonds. The Labute approximate surface area is 219 Å². The summed E-state index contributed by atoms with van der Waals surface area (Å²) >= 11 is 0. The molecule has 0 aromatic carbocycles. The van der Waals surface area contributed by atoms with Gasteiger partial charge in [-0.2, -0.15) is 5.10 Å². The standard InChI is InChI=1S/C26H33N7O5/c1-16-21(32-38-31-16)23(34)29-22(17-8-5-3-4-6-9-17)19-15-33-20(28-19)11-10-18(30-33)14-26(25(36)37-2)12-7-13-27-24(26)35/h10-11,15,17,22H,3-9,12-14H2,1-2H3,(H,27,35)(H,29,34). The molecule has 0 spiro atoms. The Hall–Kier alpha value is -3.83. The molecule has 2 unspecified atom stereocenters. The van der Waals surface area contributed by atoms with E-state index < -0.39 is 11.4 Å². The minimum absolute atomic E-state index is 0.121. The van der Waals surface area contributed by atoms with Crippen molar-refractivity contribution in [3.8, 4) is 0 Å². The first-order valence-corrected chi connectivity index (χ1v) is 13.2. The van der Waals surface area contributed by atoms with Crippen molar-refractivity contribution in [2.75, 3.05) is 13.7 Å². The molecule has 2 aliphatic rings. The molecule has 1 saturated carbocycles. The van der Waals surface area contributed by atoms with Crippen LogP contribution in [0.3, 0.4) is 0 Å². The van der Waals surface area contributed by atoms with E-state index in [1.165, 1.54) is 20.0 Å². The van der Waals surface area contributed by atoms with Crippen molar-refractivity contribution in [2.24, 2.45) is 11.3 Å². The van der Waals surface area contributed by atoms with Gasteiger partial charge in [0, 0.05) is 13.0 Å². The Morgan fingerprint density at radius 2 is 2.00 bits per heavy atom. The molecule has 2 N–H and O–H groups in total. The molecule has 4 heterocycles. The summed E-state index contributed by atoms with van der Waals surface area (Å²) in [5, 5.41) is 18.1. The van der Waals surface area contributed by atoms with E-state index in [4.69, 9.17) is 19.4 Å². The topological polar surface area (TPSA) is 154 Å². The van der Waals surface area contributed by atoms with E-state index in [0.717, 1.165) is 25.7 Å².